The SMILES string of the molecule is CC(C)[C@H](NC(=O)CBr)C(=O)C[C@@H](C)C(=O)N[C@@H](CCCCNC(=O)[C@@H](N)CCN(C(=O)CO)[C@@H](c1cc(-c2cc(F)ccc2F)cn1Cc1ccccc1)C(C)(C)C)C(=O)O.O=C(O)C(F)(F)F. The lowest BCUT2D eigenvalue weighted by atomic mass is 9.82. The van der Waals surface area contributed by atoms with Crippen LogP contribution in [0.3, 0.4) is 0 Å². The Morgan fingerprint density at radius 1 is 0.870 bits per heavy atom. The molecule has 3 rings (SSSR count). The number of carboxylic acids is 2. The highest BCUT2D eigenvalue weighted by atomic mass is 79.9. The average molecular weight is 1050 g/mol. The number of unbranched alkanes of at least 4 members (excludes halogenated alkanes) is 1. The molecule has 69 heavy (non-hydrogen) atoms. The summed E-state index contributed by atoms with van der Waals surface area (Å²) in [7, 11) is 0. The number of Topliss-reactive ketones (excluding diaryl/α,β-unsaturated/α-hetero) is 1. The van der Waals surface area contributed by atoms with Gasteiger partial charge in [-0.25, -0.2) is 18.4 Å². The van der Waals surface area contributed by atoms with E-state index >= 15 is 4.39 Å². The minimum atomic E-state index is -5.08. The van der Waals surface area contributed by atoms with Crippen molar-refractivity contribution in [2.24, 2.45) is 23.0 Å². The smallest absolute Gasteiger partial charge is 0.480 e. The molecule has 5 atom stereocenters. The van der Waals surface area contributed by atoms with Gasteiger partial charge in [0.2, 0.25) is 23.6 Å². The number of nitrogens with one attached hydrogen (secondary N) is 3. The number of rotatable bonds is 24. The van der Waals surface area contributed by atoms with Crippen LogP contribution in [0.15, 0.2) is 60.8 Å². The molecular formula is C47H62BrF5N6O10. The lowest BCUT2D eigenvalue weighted by Crippen LogP contribution is -2.47. The second-order valence-corrected chi connectivity index (χ2v) is 18.3. The minimum absolute atomic E-state index is 0.00350. The van der Waals surface area contributed by atoms with Crippen molar-refractivity contribution in [3.8, 4) is 11.1 Å². The Labute approximate surface area is 405 Å². The van der Waals surface area contributed by atoms with Crippen molar-refractivity contribution in [2.75, 3.05) is 25.0 Å². The summed E-state index contributed by atoms with van der Waals surface area (Å²) in [5.41, 5.74) is 7.58. The first-order chi connectivity index (χ1) is 32.1. The van der Waals surface area contributed by atoms with Gasteiger partial charge in [-0.3, -0.25) is 24.0 Å². The van der Waals surface area contributed by atoms with Crippen molar-refractivity contribution in [1.82, 2.24) is 25.4 Å². The Balaban J connectivity index is 0.00000216. The zero-order valence-electron chi connectivity index (χ0n) is 39.2. The fourth-order valence-corrected chi connectivity index (χ4v) is 7.41. The van der Waals surface area contributed by atoms with E-state index in [9.17, 15) is 56.5 Å². The second kappa shape index (κ2) is 27.4. The van der Waals surface area contributed by atoms with Gasteiger partial charge in [0.15, 0.2) is 5.78 Å². The molecule has 8 N–H and O–H groups in total. The van der Waals surface area contributed by atoms with Crippen LogP contribution in [0, 0.1) is 28.9 Å². The highest BCUT2D eigenvalue weighted by Gasteiger charge is 2.39. The fraction of sp³-hybridized carbons (Fsp3) is 0.511. The number of benzene rings is 2. The van der Waals surface area contributed by atoms with Crippen LogP contribution >= 0.6 is 15.9 Å². The van der Waals surface area contributed by atoms with Crippen LogP contribution in [0.2, 0.25) is 0 Å². The number of aliphatic hydroxyl groups excluding tert-OH is 1. The molecule has 0 saturated heterocycles. The van der Waals surface area contributed by atoms with Crippen LogP contribution in [0.1, 0.15) is 90.9 Å². The van der Waals surface area contributed by atoms with Gasteiger partial charge in [0.25, 0.3) is 0 Å². The molecule has 0 bridgehead atoms. The highest BCUT2D eigenvalue weighted by Crippen LogP contribution is 2.41. The molecule has 0 unspecified atom stereocenters. The van der Waals surface area contributed by atoms with Crippen LogP contribution in [-0.4, -0.2) is 115 Å². The number of ketones is 1. The number of carbonyl (C=O) groups excluding carboxylic acids is 5. The molecule has 0 fully saturated rings. The van der Waals surface area contributed by atoms with Gasteiger partial charge in [0.05, 0.1) is 23.5 Å². The number of carbonyl (C=O) groups is 7. The minimum Gasteiger partial charge on any atom is -0.480 e. The molecule has 0 spiro atoms. The Morgan fingerprint density at radius 2 is 1.49 bits per heavy atom. The molecule has 3 aromatic rings. The summed E-state index contributed by atoms with van der Waals surface area (Å²) in [4.78, 5) is 86.6. The number of halogens is 6. The third kappa shape index (κ3) is 19.3. The normalized spacial score (nSPS) is 13.7. The van der Waals surface area contributed by atoms with E-state index in [1.165, 1.54) is 11.8 Å². The molecule has 4 amide bonds. The zero-order valence-corrected chi connectivity index (χ0v) is 40.8. The topological polar surface area (TPSA) is 250 Å². The number of amides is 4. The van der Waals surface area contributed by atoms with E-state index in [4.69, 9.17) is 15.6 Å². The molecule has 0 saturated carbocycles. The van der Waals surface area contributed by atoms with Crippen molar-refractivity contribution in [3.63, 3.8) is 0 Å². The molecule has 22 heteroatoms. The van der Waals surface area contributed by atoms with Crippen LogP contribution in [0.25, 0.3) is 11.1 Å². The molecule has 382 valence electrons. The molecule has 0 radical (unpaired) electrons. The first-order valence-electron chi connectivity index (χ1n) is 22.0. The summed E-state index contributed by atoms with van der Waals surface area (Å²) < 4.78 is 63.0. The van der Waals surface area contributed by atoms with Crippen molar-refractivity contribution in [3.05, 3.63) is 83.7 Å². The first-order valence-corrected chi connectivity index (χ1v) is 23.1. The molecule has 0 aliphatic rings. The third-order valence-corrected chi connectivity index (χ3v) is 11.2. The number of nitrogens with zero attached hydrogens (tertiary/aromatic N) is 2. The summed E-state index contributed by atoms with van der Waals surface area (Å²) in [6.45, 7) is 10.4. The van der Waals surface area contributed by atoms with E-state index in [-0.39, 0.29) is 60.9 Å². The predicted molar refractivity (Wildman–Crippen MR) is 248 cm³/mol. The first kappa shape index (κ1) is 59.4. The van der Waals surface area contributed by atoms with Gasteiger partial charge in [-0.2, -0.15) is 13.2 Å². The molecule has 1 aromatic heterocycles. The molecular weight excluding hydrogens is 983 g/mol. The maximum absolute atomic E-state index is 15.1. The quantitative estimate of drug-likeness (QED) is 0.0324. The van der Waals surface area contributed by atoms with Crippen molar-refractivity contribution >= 4 is 57.3 Å². The number of nitrogens with two attached hydrogens (primary N) is 1. The number of alkyl halides is 4. The van der Waals surface area contributed by atoms with Gasteiger partial charge in [0.1, 0.15) is 24.3 Å². The van der Waals surface area contributed by atoms with Gasteiger partial charge < -0.3 is 46.5 Å². The van der Waals surface area contributed by atoms with Crippen LogP contribution in [0.4, 0.5) is 22.0 Å². The number of hydrogen-bond acceptors (Lipinski definition) is 9. The number of aromatic nitrogens is 1. The van der Waals surface area contributed by atoms with Crippen molar-refractivity contribution < 1.29 is 70.8 Å². The summed E-state index contributed by atoms with van der Waals surface area (Å²) in [6.07, 6.45) is -2.86. The maximum Gasteiger partial charge on any atom is 0.490 e. The van der Waals surface area contributed by atoms with E-state index in [0.29, 0.717) is 30.6 Å². The lowest BCUT2D eigenvalue weighted by molar-refractivity contribution is -0.192. The second-order valence-electron chi connectivity index (χ2n) is 17.8. The average Bonchev–Trinajstić information content (AvgIpc) is 3.67. The molecule has 0 aliphatic carbocycles. The van der Waals surface area contributed by atoms with Gasteiger partial charge in [-0.15, -0.1) is 0 Å². The number of hydrogen-bond donors (Lipinski definition) is 7. The molecule has 1 heterocycles. The zero-order chi connectivity index (χ0) is 52.4. The van der Waals surface area contributed by atoms with Gasteiger partial charge in [-0.05, 0) is 66.8 Å². The maximum atomic E-state index is 15.1. The molecule has 0 aliphatic heterocycles. The molecule has 16 nitrogen and oxygen atoms in total. The van der Waals surface area contributed by atoms with Crippen molar-refractivity contribution in [2.45, 2.75) is 111 Å². The Kier molecular flexibility index (Phi) is 23.6. The van der Waals surface area contributed by atoms with Crippen LogP contribution in [0.5, 0.6) is 0 Å². The predicted octanol–water partition coefficient (Wildman–Crippen LogP) is 5.73. The number of aliphatic hydroxyl groups is 1. The number of carboxylic acid groups (broad SMARTS) is 2. The summed E-state index contributed by atoms with van der Waals surface area (Å²) in [5.74, 6) is -8.80. The van der Waals surface area contributed by atoms with E-state index in [1.807, 2.05) is 55.7 Å². The Hall–Kier alpha value is -5.74. The van der Waals surface area contributed by atoms with E-state index in [1.54, 1.807) is 26.1 Å². The van der Waals surface area contributed by atoms with E-state index in [2.05, 4.69) is 31.9 Å². The van der Waals surface area contributed by atoms with Crippen LogP contribution < -0.4 is 21.7 Å². The third-order valence-electron chi connectivity index (χ3n) is 10.7. The van der Waals surface area contributed by atoms with E-state index in [0.717, 1.165) is 23.8 Å². The summed E-state index contributed by atoms with van der Waals surface area (Å²) in [6, 6.07) is 10.5. The Bertz CT molecular complexity index is 2220. The van der Waals surface area contributed by atoms with E-state index < -0.39 is 89.6 Å². The largest absolute Gasteiger partial charge is 0.490 e. The number of aliphatic carboxylic acids is 2. The summed E-state index contributed by atoms with van der Waals surface area (Å²) in [5, 5.41) is 34.9. The lowest BCUT2D eigenvalue weighted by Gasteiger charge is -2.41. The summed E-state index contributed by atoms with van der Waals surface area (Å²) >= 11 is 3.05. The molecule has 2 aromatic carbocycles. The highest BCUT2D eigenvalue weighted by molar-refractivity contribution is 9.09. The Morgan fingerprint density at radius 3 is 2.03 bits per heavy atom. The standard InChI is InChI=1S/C45H61BrF2N6O8.C2HF3O2/c1-27(2)40(52-38(57)23-46)37(56)20-28(3)42(59)51-35(44(61)62)14-10-11-18-50-43(60)34(49)17-19-54(39(58)26-55)41(45(4,5)6)36-21-30(32-22-31(47)15-16-33(32)48)25-53(36)24-29-12-8-7-9-13-29;3-2(4,5)1(6)7/h7-9,12-13,15-16,21-22,25,27-28,34-35,40-41,55H,10-11,14,17-20,23-24,26,49H2,1-6H3,(H,50,60)(H,51,59)(H,52,57)(H,61,62);(H,6,7)/t28-,34+,35+,40+,41+;/m1./s1. The van der Waals surface area contributed by atoms with Crippen LogP contribution in [-0.2, 0) is 40.1 Å². The fourth-order valence-electron chi connectivity index (χ4n) is 7.25. The van der Waals surface area contributed by atoms with Gasteiger partial charge >= 0.3 is 18.1 Å². The monoisotopic (exact) mass is 1040 g/mol. The van der Waals surface area contributed by atoms with Gasteiger partial charge in [-0.1, -0.05) is 87.8 Å². The van der Waals surface area contributed by atoms with Crippen molar-refractivity contribution in [1.29, 1.82) is 0 Å². The van der Waals surface area contributed by atoms with Gasteiger partial charge in [0, 0.05) is 55.0 Å².